The van der Waals surface area contributed by atoms with Crippen molar-refractivity contribution in [1.29, 1.82) is 0 Å². The van der Waals surface area contributed by atoms with E-state index in [0.29, 0.717) is 6.04 Å². The van der Waals surface area contributed by atoms with Crippen LogP contribution < -0.4 is 5.56 Å². The van der Waals surface area contributed by atoms with Crippen LogP contribution in [-0.2, 0) is 0 Å². The number of nitrogens with zero attached hydrogens (tertiary/aromatic N) is 1. The van der Waals surface area contributed by atoms with Crippen molar-refractivity contribution in [3.63, 3.8) is 0 Å². The van der Waals surface area contributed by atoms with Gasteiger partial charge < -0.3 is 4.98 Å². The fourth-order valence-electron chi connectivity index (χ4n) is 2.76. The lowest BCUT2D eigenvalue weighted by Gasteiger charge is -2.25. The summed E-state index contributed by atoms with van der Waals surface area (Å²) in [6, 6.07) is 4.17. The van der Waals surface area contributed by atoms with E-state index in [1.807, 2.05) is 13.0 Å². The highest BCUT2D eigenvalue weighted by atomic mass is 16.1. The molecule has 2 rings (SSSR count). The third kappa shape index (κ3) is 2.78. The number of rotatable bonds is 4. The summed E-state index contributed by atoms with van der Waals surface area (Å²) >= 11 is 0. The average molecular weight is 234 g/mol. The summed E-state index contributed by atoms with van der Waals surface area (Å²) in [7, 11) is 0. The molecule has 0 saturated carbocycles. The van der Waals surface area contributed by atoms with Crippen molar-refractivity contribution >= 4 is 0 Å². The van der Waals surface area contributed by atoms with Crippen molar-refractivity contribution in [2.75, 3.05) is 13.1 Å². The molecular formula is C14H22N2O. The lowest BCUT2D eigenvalue weighted by molar-refractivity contribution is 0.252. The number of aromatic amines is 1. The van der Waals surface area contributed by atoms with Crippen LogP contribution in [0, 0.1) is 6.92 Å². The quantitative estimate of drug-likeness (QED) is 0.869. The number of unbranched alkanes of at least 4 members (excludes halogenated alkanes) is 1. The highest BCUT2D eigenvalue weighted by molar-refractivity contribution is 5.23. The second-order valence-corrected chi connectivity index (χ2v) is 4.95. The molecule has 1 N–H and O–H groups in total. The molecule has 0 amide bonds. The number of pyridine rings is 1. The van der Waals surface area contributed by atoms with Gasteiger partial charge in [0.1, 0.15) is 0 Å². The molecule has 2 heterocycles. The van der Waals surface area contributed by atoms with Crippen LogP contribution >= 0.6 is 0 Å². The van der Waals surface area contributed by atoms with E-state index in [1.165, 1.54) is 44.3 Å². The third-order valence-electron chi connectivity index (χ3n) is 3.68. The molecule has 1 unspecified atom stereocenters. The Morgan fingerprint density at radius 3 is 3.00 bits per heavy atom. The SMILES string of the molecule is CCCCN1CCCC1c1ccc(=O)[nH]c1C. The molecule has 1 fully saturated rings. The molecule has 1 aromatic rings. The molecule has 1 saturated heterocycles. The predicted molar refractivity (Wildman–Crippen MR) is 70.3 cm³/mol. The number of aromatic nitrogens is 1. The van der Waals surface area contributed by atoms with Gasteiger partial charge in [0.05, 0.1) is 0 Å². The maximum atomic E-state index is 11.2. The van der Waals surface area contributed by atoms with Gasteiger partial charge in [0.2, 0.25) is 5.56 Å². The van der Waals surface area contributed by atoms with Crippen LogP contribution in [0.4, 0.5) is 0 Å². The van der Waals surface area contributed by atoms with Crippen LogP contribution in [0.2, 0.25) is 0 Å². The van der Waals surface area contributed by atoms with Gasteiger partial charge in [-0.15, -0.1) is 0 Å². The Balaban J connectivity index is 2.17. The summed E-state index contributed by atoms with van der Waals surface area (Å²) in [5, 5.41) is 0. The van der Waals surface area contributed by atoms with Crippen LogP contribution in [0.1, 0.15) is 49.9 Å². The molecule has 0 bridgehead atoms. The molecule has 1 atom stereocenters. The number of nitrogens with one attached hydrogen (secondary N) is 1. The minimum Gasteiger partial charge on any atom is -0.326 e. The van der Waals surface area contributed by atoms with Crippen LogP contribution in [0.3, 0.4) is 0 Å². The number of hydrogen-bond donors (Lipinski definition) is 1. The van der Waals surface area contributed by atoms with E-state index < -0.39 is 0 Å². The molecule has 94 valence electrons. The Morgan fingerprint density at radius 1 is 1.47 bits per heavy atom. The molecule has 1 aliphatic rings. The highest BCUT2D eigenvalue weighted by Gasteiger charge is 2.26. The van der Waals surface area contributed by atoms with Crippen LogP contribution in [-0.4, -0.2) is 23.0 Å². The summed E-state index contributed by atoms with van der Waals surface area (Å²) in [6.45, 7) is 6.62. The molecule has 0 aromatic carbocycles. The first-order chi connectivity index (χ1) is 8.22. The van der Waals surface area contributed by atoms with E-state index in [4.69, 9.17) is 0 Å². The van der Waals surface area contributed by atoms with Crippen molar-refractivity contribution in [1.82, 2.24) is 9.88 Å². The molecule has 3 nitrogen and oxygen atoms in total. The second-order valence-electron chi connectivity index (χ2n) is 4.95. The van der Waals surface area contributed by atoms with Crippen molar-refractivity contribution in [2.45, 2.75) is 45.6 Å². The molecule has 17 heavy (non-hydrogen) atoms. The van der Waals surface area contributed by atoms with Crippen molar-refractivity contribution in [2.24, 2.45) is 0 Å². The zero-order valence-electron chi connectivity index (χ0n) is 10.8. The van der Waals surface area contributed by atoms with Gasteiger partial charge in [-0.05, 0) is 44.8 Å². The maximum absolute atomic E-state index is 11.2. The average Bonchev–Trinajstić information content (AvgIpc) is 2.74. The number of likely N-dealkylation sites (tertiary alicyclic amines) is 1. The van der Waals surface area contributed by atoms with Crippen molar-refractivity contribution in [3.05, 3.63) is 33.7 Å². The van der Waals surface area contributed by atoms with Gasteiger partial charge in [0.15, 0.2) is 0 Å². The molecule has 0 spiro atoms. The van der Waals surface area contributed by atoms with Crippen LogP contribution in [0.5, 0.6) is 0 Å². The lowest BCUT2D eigenvalue weighted by Crippen LogP contribution is -2.25. The van der Waals surface area contributed by atoms with E-state index in [2.05, 4.69) is 16.8 Å². The van der Waals surface area contributed by atoms with Gasteiger partial charge in [-0.3, -0.25) is 9.69 Å². The van der Waals surface area contributed by atoms with Gasteiger partial charge in [0, 0.05) is 17.8 Å². The van der Waals surface area contributed by atoms with Crippen LogP contribution in [0.15, 0.2) is 16.9 Å². The van der Waals surface area contributed by atoms with Gasteiger partial charge in [-0.25, -0.2) is 0 Å². The molecular weight excluding hydrogens is 212 g/mol. The minimum atomic E-state index is 0.00403. The zero-order chi connectivity index (χ0) is 12.3. The van der Waals surface area contributed by atoms with E-state index in [9.17, 15) is 4.79 Å². The predicted octanol–water partition coefficient (Wildman–Crippen LogP) is 2.62. The summed E-state index contributed by atoms with van der Waals surface area (Å²) in [5.74, 6) is 0. The number of aryl methyl sites for hydroxylation is 1. The monoisotopic (exact) mass is 234 g/mol. The van der Waals surface area contributed by atoms with Crippen molar-refractivity contribution in [3.8, 4) is 0 Å². The Morgan fingerprint density at radius 2 is 2.29 bits per heavy atom. The first-order valence-corrected chi connectivity index (χ1v) is 6.66. The summed E-state index contributed by atoms with van der Waals surface area (Å²) < 4.78 is 0. The normalized spacial score (nSPS) is 20.9. The second kappa shape index (κ2) is 5.50. The molecule has 0 aliphatic carbocycles. The minimum absolute atomic E-state index is 0.00403. The van der Waals surface area contributed by atoms with E-state index in [1.54, 1.807) is 6.07 Å². The summed E-state index contributed by atoms with van der Waals surface area (Å²) in [6.07, 6.45) is 5.00. The van der Waals surface area contributed by atoms with E-state index in [-0.39, 0.29) is 5.56 Å². The largest absolute Gasteiger partial charge is 0.326 e. The van der Waals surface area contributed by atoms with Crippen LogP contribution in [0.25, 0.3) is 0 Å². The smallest absolute Gasteiger partial charge is 0.248 e. The van der Waals surface area contributed by atoms with Gasteiger partial charge >= 0.3 is 0 Å². The first-order valence-electron chi connectivity index (χ1n) is 6.66. The fourth-order valence-corrected chi connectivity index (χ4v) is 2.76. The highest BCUT2D eigenvalue weighted by Crippen LogP contribution is 2.32. The number of H-pyrrole nitrogens is 1. The van der Waals surface area contributed by atoms with Gasteiger partial charge in [-0.2, -0.15) is 0 Å². The maximum Gasteiger partial charge on any atom is 0.248 e. The summed E-state index contributed by atoms with van der Waals surface area (Å²) in [4.78, 5) is 16.7. The zero-order valence-corrected chi connectivity index (χ0v) is 10.8. The van der Waals surface area contributed by atoms with Gasteiger partial charge in [0.25, 0.3) is 0 Å². The summed E-state index contributed by atoms with van der Waals surface area (Å²) in [5.41, 5.74) is 2.34. The lowest BCUT2D eigenvalue weighted by atomic mass is 10.0. The fraction of sp³-hybridized carbons (Fsp3) is 0.643. The topological polar surface area (TPSA) is 36.1 Å². The third-order valence-corrected chi connectivity index (χ3v) is 3.68. The Kier molecular flexibility index (Phi) is 4.00. The number of hydrogen-bond acceptors (Lipinski definition) is 2. The molecule has 1 aliphatic heterocycles. The standard InChI is InChI=1S/C14H22N2O/c1-3-4-9-16-10-5-6-13(16)12-7-8-14(17)15-11(12)2/h7-8,13H,3-6,9-10H2,1-2H3,(H,15,17). The molecule has 0 radical (unpaired) electrons. The van der Waals surface area contributed by atoms with E-state index >= 15 is 0 Å². The first kappa shape index (κ1) is 12.4. The Hall–Kier alpha value is -1.09. The molecule has 1 aromatic heterocycles. The van der Waals surface area contributed by atoms with Gasteiger partial charge in [-0.1, -0.05) is 19.4 Å². The Labute approximate surface area is 103 Å². The molecule has 3 heteroatoms. The van der Waals surface area contributed by atoms with Crippen molar-refractivity contribution < 1.29 is 0 Å². The van der Waals surface area contributed by atoms with E-state index in [0.717, 1.165) is 5.69 Å². The Bertz CT molecular complexity index is 424.